The maximum Gasteiger partial charge on any atom is 0.326 e. The van der Waals surface area contributed by atoms with Crippen LogP contribution in [0.1, 0.15) is 20.3 Å². The second-order valence-corrected chi connectivity index (χ2v) is 5.02. The Morgan fingerprint density at radius 2 is 1.59 bits per heavy atom. The van der Waals surface area contributed by atoms with E-state index in [2.05, 4.69) is 10.6 Å². The number of carbonyl (C=O) groups is 4. The molecule has 10 heteroatoms. The molecule has 0 fully saturated rings. The number of carboxylic acids is 2. The molecule has 0 bridgehead atoms. The number of carboxylic acid groups (broad SMARTS) is 2. The maximum absolute atomic E-state index is 12.0. The number of aliphatic hydroxyl groups excluding tert-OH is 1. The van der Waals surface area contributed by atoms with E-state index in [4.69, 9.17) is 21.1 Å². The molecule has 7 N–H and O–H groups in total. The summed E-state index contributed by atoms with van der Waals surface area (Å²) >= 11 is 0. The molecule has 22 heavy (non-hydrogen) atoms. The van der Waals surface area contributed by atoms with Gasteiger partial charge in [0.15, 0.2) is 0 Å². The Balaban J connectivity index is 5.01. The van der Waals surface area contributed by atoms with Crippen molar-refractivity contribution < 1.29 is 34.5 Å². The van der Waals surface area contributed by atoms with Crippen LogP contribution in [0.3, 0.4) is 0 Å². The van der Waals surface area contributed by atoms with Crippen molar-refractivity contribution in [1.82, 2.24) is 10.6 Å². The molecule has 0 saturated carbocycles. The Labute approximate surface area is 126 Å². The molecule has 0 radical (unpaired) electrons. The van der Waals surface area contributed by atoms with Crippen LogP contribution in [0.15, 0.2) is 0 Å². The first-order valence-corrected chi connectivity index (χ1v) is 6.51. The van der Waals surface area contributed by atoms with Crippen LogP contribution in [0, 0.1) is 5.92 Å². The Kier molecular flexibility index (Phi) is 8.05. The minimum atomic E-state index is -1.50. The normalized spacial score (nSPS) is 14.8. The van der Waals surface area contributed by atoms with Crippen LogP contribution >= 0.6 is 0 Å². The average molecular weight is 319 g/mol. The summed E-state index contributed by atoms with van der Waals surface area (Å²) in [4.78, 5) is 45.3. The zero-order valence-corrected chi connectivity index (χ0v) is 12.3. The molecule has 0 aromatic heterocycles. The molecule has 0 saturated heterocycles. The van der Waals surface area contributed by atoms with E-state index in [0.717, 1.165) is 0 Å². The van der Waals surface area contributed by atoms with Crippen molar-refractivity contribution in [3.05, 3.63) is 0 Å². The monoisotopic (exact) mass is 319 g/mol. The minimum absolute atomic E-state index is 0.442. The van der Waals surface area contributed by atoms with E-state index < -0.39 is 60.8 Å². The molecular formula is C12H21N3O7. The number of nitrogens with one attached hydrogen (secondary N) is 2. The van der Waals surface area contributed by atoms with Gasteiger partial charge in [0, 0.05) is 0 Å². The standard InChI is InChI=1S/C12H21N3O7/c1-5(2)9(12(21)22)15-11(20)7(3-8(17)18)14-10(19)6(13)4-16/h5-7,9,16H,3-4,13H2,1-2H3,(H,14,19)(H,15,20)(H,17,18)(H,21,22). The topological polar surface area (TPSA) is 179 Å². The average Bonchev–Trinajstić information content (AvgIpc) is 2.41. The molecule has 10 nitrogen and oxygen atoms in total. The lowest BCUT2D eigenvalue weighted by atomic mass is 10.0. The minimum Gasteiger partial charge on any atom is -0.481 e. The highest BCUT2D eigenvalue weighted by atomic mass is 16.4. The predicted molar refractivity (Wildman–Crippen MR) is 73.6 cm³/mol. The first kappa shape index (κ1) is 19.8. The molecule has 0 heterocycles. The summed E-state index contributed by atoms with van der Waals surface area (Å²) in [5.74, 6) is -4.96. The number of amides is 2. The number of nitrogens with two attached hydrogens (primary N) is 1. The molecule has 0 aromatic carbocycles. The first-order chi connectivity index (χ1) is 10.1. The highest BCUT2D eigenvalue weighted by Crippen LogP contribution is 2.03. The number of hydrogen-bond acceptors (Lipinski definition) is 6. The largest absolute Gasteiger partial charge is 0.481 e. The van der Waals surface area contributed by atoms with Gasteiger partial charge < -0.3 is 31.7 Å². The summed E-state index contributed by atoms with van der Waals surface area (Å²) in [6.07, 6.45) is -0.750. The molecular weight excluding hydrogens is 298 g/mol. The van der Waals surface area contributed by atoms with Gasteiger partial charge in [0.05, 0.1) is 13.0 Å². The van der Waals surface area contributed by atoms with E-state index >= 15 is 0 Å². The predicted octanol–water partition coefficient (Wildman–Crippen LogP) is -2.51. The van der Waals surface area contributed by atoms with Crippen molar-refractivity contribution in [1.29, 1.82) is 0 Å². The van der Waals surface area contributed by atoms with Crippen molar-refractivity contribution in [3.63, 3.8) is 0 Å². The third-order valence-corrected chi connectivity index (χ3v) is 2.78. The number of rotatable bonds is 9. The molecule has 0 aliphatic carbocycles. The highest BCUT2D eigenvalue weighted by Gasteiger charge is 2.30. The van der Waals surface area contributed by atoms with Crippen molar-refractivity contribution in [2.75, 3.05) is 6.61 Å². The van der Waals surface area contributed by atoms with E-state index in [1.165, 1.54) is 0 Å². The molecule has 126 valence electrons. The van der Waals surface area contributed by atoms with Crippen molar-refractivity contribution in [2.45, 2.75) is 38.4 Å². The SMILES string of the molecule is CC(C)C(NC(=O)C(CC(=O)O)NC(=O)C(N)CO)C(=O)O. The van der Waals surface area contributed by atoms with E-state index in [-0.39, 0.29) is 0 Å². The summed E-state index contributed by atoms with van der Waals surface area (Å²) in [5, 5.41) is 30.7. The fourth-order valence-corrected chi connectivity index (χ4v) is 1.51. The van der Waals surface area contributed by atoms with Crippen LogP contribution in [0.25, 0.3) is 0 Å². The van der Waals surface area contributed by atoms with E-state index in [0.29, 0.717) is 0 Å². The van der Waals surface area contributed by atoms with Gasteiger partial charge >= 0.3 is 11.9 Å². The molecule has 0 aliphatic rings. The van der Waals surface area contributed by atoms with Crippen LogP contribution < -0.4 is 16.4 Å². The Morgan fingerprint density at radius 3 is 1.95 bits per heavy atom. The van der Waals surface area contributed by atoms with Gasteiger partial charge in [-0.1, -0.05) is 13.8 Å². The Morgan fingerprint density at radius 1 is 1.05 bits per heavy atom. The van der Waals surface area contributed by atoms with E-state index in [1.807, 2.05) is 0 Å². The number of aliphatic hydroxyl groups is 1. The van der Waals surface area contributed by atoms with Gasteiger partial charge in [-0.25, -0.2) is 4.79 Å². The number of carbonyl (C=O) groups excluding carboxylic acids is 2. The molecule has 3 unspecified atom stereocenters. The summed E-state index contributed by atoms with van der Waals surface area (Å²) in [5.41, 5.74) is 5.26. The second kappa shape index (κ2) is 8.95. The fourth-order valence-electron chi connectivity index (χ4n) is 1.51. The van der Waals surface area contributed by atoms with Crippen LogP contribution in [0.4, 0.5) is 0 Å². The summed E-state index contributed by atoms with van der Waals surface area (Å²) in [6, 6.07) is -4.04. The summed E-state index contributed by atoms with van der Waals surface area (Å²) in [7, 11) is 0. The van der Waals surface area contributed by atoms with Gasteiger partial charge in [-0.15, -0.1) is 0 Å². The molecule has 0 rings (SSSR count). The van der Waals surface area contributed by atoms with Crippen LogP contribution in [-0.4, -0.2) is 63.8 Å². The molecule has 2 amide bonds. The van der Waals surface area contributed by atoms with Gasteiger partial charge in [-0.3, -0.25) is 14.4 Å². The molecule has 3 atom stereocenters. The van der Waals surface area contributed by atoms with Crippen LogP contribution in [0.2, 0.25) is 0 Å². The van der Waals surface area contributed by atoms with Gasteiger partial charge in [-0.05, 0) is 5.92 Å². The number of aliphatic carboxylic acids is 2. The zero-order chi connectivity index (χ0) is 17.4. The van der Waals surface area contributed by atoms with Crippen LogP contribution in [-0.2, 0) is 19.2 Å². The second-order valence-electron chi connectivity index (χ2n) is 5.02. The first-order valence-electron chi connectivity index (χ1n) is 6.51. The zero-order valence-electron chi connectivity index (χ0n) is 12.3. The van der Waals surface area contributed by atoms with E-state index in [9.17, 15) is 19.2 Å². The lowest BCUT2D eigenvalue weighted by molar-refractivity contribution is -0.144. The molecule has 0 aromatic rings. The smallest absolute Gasteiger partial charge is 0.326 e. The van der Waals surface area contributed by atoms with Gasteiger partial charge in [-0.2, -0.15) is 0 Å². The third kappa shape index (κ3) is 6.50. The highest BCUT2D eigenvalue weighted by molar-refractivity contribution is 5.93. The molecule has 0 spiro atoms. The summed E-state index contributed by atoms with van der Waals surface area (Å²) < 4.78 is 0. The van der Waals surface area contributed by atoms with Crippen molar-refractivity contribution >= 4 is 23.8 Å². The van der Waals surface area contributed by atoms with Gasteiger partial charge in [0.25, 0.3) is 0 Å². The van der Waals surface area contributed by atoms with Gasteiger partial charge in [0.1, 0.15) is 18.1 Å². The lowest BCUT2D eigenvalue weighted by Crippen LogP contribution is -2.56. The Hall–Kier alpha value is -2.20. The number of hydrogen-bond donors (Lipinski definition) is 6. The Bertz CT molecular complexity index is 438. The van der Waals surface area contributed by atoms with Crippen molar-refractivity contribution in [3.8, 4) is 0 Å². The van der Waals surface area contributed by atoms with E-state index in [1.54, 1.807) is 13.8 Å². The molecule has 0 aliphatic heterocycles. The fraction of sp³-hybridized carbons (Fsp3) is 0.667. The summed E-state index contributed by atoms with van der Waals surface area (Å²) in [6.45, 7) is 2.44. The van der Waals surface area contributed by atoms with Crippen LogP contribution in [0.5, 0.6) is 0 Å². The quantitative estimate of drug-likeness (QED) is 0.269. The third-order valence-electron chi connectivity index (χ3n) is 2.78. The van der Waals surface area contributed by atoms with Gasteiger partial charge in [0.2, 0.25) is 11.8 Å². The maximum atomic E-state index is 12.0. The van der Waals surface area contributed by atoms with Crippen molar-refractivity contribution in [2.24, 2.45) is 11.7 Å². The lowest BCUT2D eigenvalue weighted by Gasteiger charge is -2.23.